The third-order valence-corrected chi connectivity index (χ3v) is 12.7. The van der Waals surface area contributed by atoms with Crippen LogP contribution in [0.5, 0.6) is 0 Å². The van der Waals surface area contributed by atoms with E-state index in [0.717, 1.165) is 77.3 Å². The first kappa shape index (κ1) is 27.9. The lowest BCUT2D eigenvalue weighted by Crippen LogP contribution is -2.59. The fourth-order valence-electron chi connectivity index (χ4n) is 10.3. The Morgan fingerprint density at radius 1 is 1.03 bits per heavy atom. The van der Waals surface area contributed by atoms with Crippen molar-refractivity contribution in [3.63, 3.8) is 0 Å². The highest BCUT2D eigenvalue weighted by Crippen LogP contribution is 2.69. The quantitative estimate of drug-likeness (QED) is 0.328. The van der Waals surface area contributed by atoms with Gasteiger partial charge in [-0.1, -0.05) is 20.8 Å². The summed E-state index contributed by atoms with van der Waals surface area (Å²) in [6.07, 6.45) is 11.6. The first-order chi connectivity index (χ1) is 17.5. The van der Waals surface area contributed by atoms with Gasteiger partial charge in [-0.25, -0.2) is 8.42 Å². The number of hydrogen-bond donors (Lipinski definition) is 0. The van der Waals surface area contributed by atoms with Crippen molar-refractivity contribution in [2.45, 2.75) is 110 Å². The lowest BCUT2D eigenvalue weighted by Gasteiger charge is -2.63. The van der Waals surface area contributed by atoms with Gasteiger partial charge in [0.15, 0.2) is 0 Å². The van der Waals surface area contributed by atoms with Gasteiger partial charge in [-0.15, -0.1) is 0 Å². The molecule has 0 aromatic carbocycles. The molecule has 8 heteroatoms. The molecule has 37 heavy (non-hydrogen) atoms. The summed E-state index contributed by atoms with van der Waals surface area (Å²) < 4.78 is 46.8. The van der Waals surface area contributed by atoms with E-state index in [2.05, 4.69) is 20.8 Å². The molecule has 1 heterocycles. The van der Waals surface area contributed by atoms with E-state index in [-0.39, 0.29) is 22.9 Å². The zero-order chi connectivity index (χ0) is 26.6. The molecule has 0 aromatic heterocycles. The summed E-state index contributed by atoms with van der Waals surface area (Å²) in [5, 5.41) is 0. The van der Waals surface area contributed by atoms with E-state index in [1.807, 2.05) is 4.90 Å². The van der Waals surface area contributed by atoms with Gasteiger partial charge in [0.25, 0.3) is 0 Å². The van der Waals surface area contributed by atoms with Crippen molar-refractivity contribution in [1.29, 1.82) is 0 Å². The fraction of sp³-hybridized carbons (Fsp3) is 0.966. The van der Waals surface area contributed by atoms with Crippen LogP contribution in [0.4, 0.5) is 0 Å². The van der Waals surface area contributed by atoms with Gasteiger partial charge in [0.2, 0.25) is 16.3 Å². The van der Waals surface area contributed by atoms with E-state index in [1.54, 1.807) is 7.11 Å². The number of likely N-dealkylation sites (tertiary alicyclic amines) is 1. The van der Waals surface area contributed by atoms with Crippen molar-refractivity contribution in [1.82, 2.24) is 4.90 Å². The molecule has 1 saturated heterocycles. The molecule has 5 rings (SSSR count). The smallest absolute Gasteiger partial charge is 0.222 e. The monoisotopic (exact) mass is 538 g/mol. The van der Waals surface area contributed by atoms with Gasteiger partial charge in [0, 0.05) is 26.6 Å². The van der Waals surface area contributed by atoms with Crippen molar-refractivity contribution in [2.75, 3.05) is 20.2 Å². The van der Waals surface area contributed by atoms with E-state index >= 15 is 0 Å². The molecule has 4 aliphatic carbocycles. The van der Waals surface area contributed by atoms with Crippen molar-refractivity contribution < 1.29 is 26.7 Å². The van der Waals surface area contributed by atoms with Crippen molar-refractivity contribution in [3.05, 3.63) is 0 Å². The van der Waals surface area contributed by atoms with Crippen LogP contribution in [0.3, 0.4) is 0 Å². The third-order valence-electron chi connectivity index (χ3n) is 12.2. The molecule has 0 unspecified atom stereocenters. The van der Waals surface area contributed by atoms with E-state index in [9.17, 15) is 17.8 Å². The van der Waals surface area contributed by atoms with Gasteiger partial charge < -0.3 is 14.2 Å². The van der Waals surface area contributed by atoms with Crippen LogP contribution in [0.1, 0.15) is 97.8 Å². The zero-order valence-corrected chi connectivity index (χ0v) is 24.1. The van der Waals surface area contributed by atoms with Gasteiger partial charge in [-0.05, 0) is 117 Å². The summed E-state index contributed by atoms with van der Waals surface area (Å²) in [6, 6.07) is 0. The van der Waals surface area contributed by atoms with E-state index < -0.39 is 16.5 Å². The Labute approximate surface area is 224 Å². The summed E-state index contributed by atoms with van der Waals surface area (Å²) in [5.41, 5.74) is 0.234. The average molecular weight is 539 g/mol. The number of fused-ring (bicyclic) bond motifs is 5. The zero-order valence-electron chi connectivity index (χ0n) is 23.3. The first-order valence-corrected chi connectivity index (χ1v) is 16.2. The molecule has 0 radical (unpaired) electrons. The minimum atomic E-state index is -4.78. The molecular weight excluding hydrogens is 490 g/mol. The lowest BCUT2D eigenvalue weighted by molar-refractivity contribution is -0.170. The van der Waals surface area contributed by atoms with Crippen LogP contribution < -0.4 is 0 Å². The molecule has 1 aliphatic heterocycles. The van der Waals surface area contributed by atoms with Gasteiger partial charge in [0.1, 0.15) is 0 Å². The van der Waals surface area contributed by atoms with Gasteiger partial charge in [-0.3, -0.25) is 8.98 Å². The number of ether oxygens (including phenoxy) is 1. The average Bonchev–Trinajstić information content (AvgIpc) is 3.49. The molecule has 0 aromatic rings. The Bertz CT molecular complexity index is 950. The predicted molar refractivity (Wildman–Crippen MR) is 140 cm³/mol. The van der Waals surface area contributed by atoms with E-state index in [1.165, 1.54) is 0 Å². The number of hydrogen-bond acceptors (Lipinski definition) is 6. The number of rotatable bonds is 7. The largest absolute Gasteiger partial charge is 0.726 e. The molecule has 1 amide bonds. The first-order valence-electron chi connectivity index (χ1n) is 14.9. The van der Waals surface area contributed by atoms with Crippen LogP contribution in [-0.4, -0.2) is 56.2 Å². The fourth-order valence-corrected chi connectivity index (χ4v) is 10.8. The summed E-state index contributed by atoms with van der Waals surface area (Å²) >= 11 is 0. The molecule has 5 fully saturated rings. The highest BCUT2D eigenvalue weighted by Gasteiger charge is 2.63. The van der Waals surface area contributed by atoms with E-state index in [0.29, 0.717) is 48.3 Å². The Hall–Kier alpha value is -0.700. The lowest BCUT2D eigenvalue weighted by atomic mass is 9.43. The van der Waals surface area contributed by atoms with Crippen molar-refractivity contribution >= 4 is 16.3 Å². The predicted octanol–water partition coefficient (Wildman–Crippen LogP) is 5.15. The van der Waals surface area contributed by atoms with Crippen LogP contribution in [-0.2, 0) is 24.1 Å². The van der Waals surface area contributed by atoms with Crippen LogP contribution >= 0.6 is 0 Å². The SMILES string of the molecule is CO[C@@H]1CC[C@@]2(C)[C@@H](C1)C[C@@H](OS(=O)(=O)[O-])[C@@H]1[C@@H]2CC[C@]2(C)[C@@H]([C@H](C)CCC(=O)N3CCCC3)CC[C@@H]12. The van der Waals surface area contributed by atoms with Gasteiger partial charge >= 0.3 is 0 Å². The van der Waals surface area contributed by atoms with Crippen LogP contribution in [0.2, 0.25) is 0 Å². The highest BCUT2D eigenvalue weighted by atomic mass is 32.3. The van der Waals surface area contributed by atoms with Crippen molar-refractivity contribution in [2.24, 2.45) is 46.3 Å². The second-order valence-corrected chi connectivity index (χ2v) is 14.7. The Balaban J connectivity index is 1.35. The summed E-state index contributed by atoms with van der Waals surface area (Å²) in [6.45, 7) is 8.99. The summed E-state index contributed by atoms with van der Waals surface area (Å²) in [5.74, 6) is 2.42. The maximum Gasteiger partial charge on any atom is 0.222 e. The Kier molecular flexibility index (Phi) is 7.80. The minimum absolute atomic E-state index is 0.0957. The maximum absolute atomic E-state index is 12.7. The minimum Gasteiger partial charge on any atom is -0.726 e. The van der Waals surface area contributed by atoms with Crippen molar-refractivity contribution in [3.8, 4) is 0 Å². The Morgan fingerprint density at radius 3 is 2.38 bits per heavy atom. The third kappa shape index (κ3) is 5.14. The molecule has 7 nitrogen and oxygen atoms in total. The normalized spacial score (nSPS) is 44.7. The summed E-state index contributed by atoms with van der Waals surface area (Å²) in [4.78, 5) is 14.7. The summed E-state index contributed by atoms with van der Waals surface area (Å²) in [7, 11) is -3.02. The maximum atomic E-state index is 12.7. The number of carbonyl (C=O) groups is 1. The number of methoxy groups -OCH3 is 1. The number of amides is 1. The number of nitrogens with zero attached hydrogens (tertiary/aromatic N) is 1. The van der Waals surface area contributed by atoms with Gasteiger partial charge in [-0.2, -0.15) is 0 Å². The van der Waals surface area contributed by atoms with Crippen LogP contribution in [0, 0.1) is 46.3 Å². The Morgan fingerprint density at radius 2 is 1.70 bits per heavy atom. The van der Waals surface area contributed by atoms with Gasteiger partial charge in [0.05, 0.1) is 12.2 Å². The molecule has 0 bridgehead atoms. The second-order valence-electron chi connectivity index (χ2n) is 13.7. The molecule has 0 spiro atoms. The highest BCUT2D eigenvalue weighted by molar-refractivity contribution is 7.80. The molecule has 212 valence electrons. The molecular formula is C29H48NO6S-. The molecule has 4 saturated carbocycles. The second kappa shape index (κ2) is 10.4. The molecule has 10 atom stereocenters. The topological polar surface area (TPSA) is 96.0 Å². The van der Waals surface area contributed by atoms with Crippen LogP contribution in [0.25, 0.3) is 0 Å². The standard InChI is InChI=1S/C29H49NO6S/c1-19(7-10-26(31)30-15-5-6-16-30)22-8-9-23-27-24(12-14-29(22,23)3)28(2)13-11-21(35-4)17-20(28)18-25(27)36-37(32,33)34/h19-25,27H,5-18H2,1-4H3,(H,32,33,34)/p-1/t19-,20+,21-,22-,23+,24+,25-,27+,28+,29-/m1/s1. The number of carbonyl (C=O) groups excluding carboxylic acids is 1. The van der Waals surface area contributed by atoms with Crippen LogP contribution in [0.15, 0.2) is 0 Å². The molecule has 0 N–H and O–H groups in total. The van der Waals surface area contributed by atoms with E-state index in [4.69, 9.17) is 8.92 Å². The molecule has 5 aliphatic rings.